The molecule has 2 heterocycles. The molecule has 2 aliphatic rings. The fourth-order valence-electron chi connectivity index (χ4n) is 4.90. The molecule has 6 rings (SSSR count). The fourth-order valence-corrected chi connectivity index (χ4v) is 5.71. The van der Waals surface area contributed by atoms with E-state index in [1.807, 2.05) is 34.9 Å². The van der Waals surface area contributed by atoms with Crippen molar-refractivity contribution in [1.29, 1.82) is 0 Å². The minimum atomic E-state index is 0.183. The Morgan fingerprint density at radius 3 is 2.62 bits per heavy atom. The van der Waals surface area contributed by atoms with Gasteiger partial charge in [0.2, 0.25) is 11.7 Å². The summed E-state index contributed by atoms with van der Waals surface area (Å²) in [5.74, 6) is 1.87. The second-order valence-corrected chi connectivity index (χ2v) is 9.87. The number of carbonyl (C=O) groups is 1. The number of hydrogen-bond donors (Lipinski definition) is 0. The van der Waals surface area contributed by atoms with E-state index in [1.54, 1.807) is 6.26 Å². The predicted octanol–water partition coefficient (Wildman–Crippen LogP) is 5.36. The van der Waals surface area contributed by atoms with Crippen LogP contribution in [0.25, 0.3) is 11.6 Å². The molecule has 6 nitrogen and oxygen atoms in total. The van der Waals surface area contributed by atoms with Gasteiger partial charge >= 0.3 is 0 Å². The molecule has 7 heteroatoms. The summed E-state index contributed by atoms with van der Waals surface area (Å²) in [6.45, 7) is 0.614. The quantitative estimate of drug-likeness (QED) is 0.325. The number of aromatic nitrogens is 3. The van der Waals surface area contributed by atoms with Crippen LogP contribution in [0.4, 0.5) is 0 Å². The Balaban J connectivity index is 1.23. The predicted molar refractivity (Wildman–Crippen MR) is 131 cm³/mol. The van der Waals surface area contributed by atoms with E-state index in [1.165, 1.54) is 22.9 Å². The first kappa shape index (κ1) is 21.2. The van der Waals surface area contributed by atoms with Gasteiger partial charge in [-0.3, -0.25) is 9.36 Å². The van der Waals surface area contributed by atoms with Crippen molar-refractivity contribution in [3.05, 3.63) is 89.7 Å². The Morgan fingerprint density at radius 2 is 1.82 bits per heavy atom. The van der Waals surface area contributed by atoms with Gasteiger partial charge in [0.25, 0.3) is 0 Å². The zero-order valence-corrected chi connectivity index (χ0v) is 19.7. The highest BCUT2D eigenvalue weighted by atomic mass is 32.2. The van der Waals surface area contributed by atoms with Crippen molar-refractivity contribution in [2.24, 2.45) is 0 Å². The molecule has 1 atom stereocenters. The number of nitrogens with zero attached hydrogens (tertiary/aromatic N) is 4. The Kier molecular flexibility index (Phi) is 5.71. The average Bonchev–Trinajstić information content (AvgIpc) is 3.23. The maximum Gasteiger partial charge on any atom is 0.233 e. The lowest BCUT2D eigenvalue weighted by Gasteiger charge is -2.30. The number of hydrogen-bond acceptors (Lipinski definition) is 5. The molecule has 0 aliphatic heterocycles. The van der Waals surface area contributed by atoms with Gasteiger partial charge in [-0.2, -0.15) is 0 Å². The van der Waals surface area contributed by atoms with E-state index >= 15 is 0 Å². The van der Waals surface area contributed by atoms with Crippen molar-refractivity contribution < 1.29 is 9.21 Å². The Labute approximate surface area is 203 Å². The van der Waals surface area contributed by atoms with Crippen LogP contribution in [0.2, 0.25) is 0 Å². The molecule has 1 saturated carbocycles. The number of benzene rings is 2. The molecule has 0 bridgehead atoms. The lowest BCUT2D eigenvalue weighted by Crippen LogP contribution is -2.37. The summed E-state index contributed by atoms with van der Waals surface area (Å²) in [5, 5.41) is 9.57. The van der Waals surface area contributed by atoms with Crippen LogP contribution >= 0.6 is 11.8 Å². The van der Waals surface area contributed by atoms with E-state index in [4.69, 9.17) is 4.42 Å². The van der Waals surface area contributed by atoms with Crippen LogP contribution in [0.15, 0.2) is 82.6 Å². The van der Waals surface area contributed by atoms with Crippen LogP contribution in [0.3, 0.4) is 0 Å². The monoisotopic (exact) mass is 470 g/mol. The van der Waals surface area contributed by atoms with Crippen LogP contribution in [-0.4, -0.2) is 37.4 Å². The van der Waals surface area contributed by atoms with Gasteiger partial charge in [-0.1, -0.05) is 66.4 Å². The lowest BCUT2D eigenvalue weighted by atomic mass is 10.1. The third-order valence-electron chi connectivity index (χ3n) is 6.63. The van der Waals surface area contributed by atoms with Crippen molar-refractivity contribution in [3.63, 3.8) is 0 Å². The van der Waals surface area contributed by atoms with Crippen molar-refractivity contribution in [2.45, 2.75) is 49.5 Å². The number of amides is 1. The third-order valence-corrected chi connectivity index (χ3v) is 7.58. The van der Waals surface area contributed by atoms with Gasteiger partial charge in [-0.25, -0.2) is 0 Å². The highest BCUT2D eigenvalue weighted by molar-refractivity contribution is 7.99. The third kappa shape index (κ3) is 4.16. The van der Waals surface area contributed by atoms with E-state index in [2.05, 4.69) is 51.5 Å². The fraction of sp³-hybridized carbons (Fsp3) is 0.296. The molecule has 0 radical (unpaired) electrons. The molecule has 1 fully saturated rings. The van der Waals surface area contributed by atoms with E-state index in [0.29, 0.717) is 29.9 Å². The molecule has 0 N–H and O–H groups in total. The first-order chi connectivity index (χ1) is 16.8. The Morgan fingerprint density at radius 1 is 1.00 bits per heavy atom. The molecular weight excluding hydrogens is 444 g/mol. The SMILES string of the molecule is O=C(CSc1nnc(-c2ccco2)n1Cc1ccccc1)N(C1CC1)C1CCc2ccccc21. The second-order valence-electron chi connectivity index (χ2n) is 8.93. The summed E-state index contributed by atoms with van der Waals surface area (Å²) in [6, 6.07) is 23.1. The van der Waals surface area contributed by atoms with E-state index in [-0.39, 0.29) is 11.9 Å². The smallest absolute Gasteiger partial charge is 0.233 e. The molecule has 2 aromatic heterocycles. The number of rotatable bonds is 8. The standard InChI is InChI=1S/C27H26N4O2S/c32-25(31(21-13-14-21)23-15-12-20-9-4-5-10-22(20)23)18-34-27-29-28-26(24-11-6-16-33-24)30(27)17-19-7-2-1-3-8-19/h1-11,16,21,23H,12-15,17-18H2. The summed E-state index contributed by atoms with van der Waals surface area (Å²) in [4.78, 5) is 15.7. The summed E-state index contributed by atoms with van der Waals surface area (Å²) < 4.78 is 7.65. The number of thioether (sulfide) groups is 1. The number of carbonyl (C=O) groups excluding carboxylic acids is 1. The number of fused-ring (bicyclic) bond motifs is 1. The van der Waals surface area contributed by atoms with Crippen molar-refractivity contribution in [1.82, 2.24) is 19.7 Å². The van der Waals surface area contributed by atoms with Gasteiger partial charge in [-0.05, 0) is 54.5 Å². The maximum absolute atomic E-state index is 13.5. The Hall–Kier alpha value is -3.32. The molecule has 4 aromatic rings. The minimum Gasteiger partial charge on any atom is -0.461 e. The lowest BCUT2D eigenvalue weighted by molar-refractivity contribution is -0.131. The van der Waals surface area contributed by atoms with Gasteiger partial charge < -0.3 is 9.32 Å². The molecule has 34 heavy (non-hydrogen) atoms. The Bertz CT molecular complexity index is 1280. The number of furan rings is 1. The van der Waals surface area contributed by atoms with E-state index in [0.717, 1.165) is 36.4 Å². The molecule has 0 spiro atoms. The summed E-state index contributed by atoms with van der Waals surface area (Å²) in [5.41, 5.74) is 3.84. The van der Waals surface area contributed by atoms with Crippen molar-refractivity contribution >= 4 is 17.7 Å². The van der Waals surface area contributed by atoms with Gasteiger partial charge in [0.15, 0.2) is 10.9 Å². The van der Waals surface area contributed by atoms with Gasteiger partial charge in [0.1, 0.15) is 0 Å². The van der Waals surface area contributed by atoms with Crippen LogP contribution in [0.1, 0.15) is 42.0 Å². The van der Waals surface area contributed by atoms with Crippen LogP contribution < -0.4 is 0 Å². The normalized spacial score (nSPS) is 17.0. The zero-order valence-electron chi connectivity index (χ0n) is 18.8. The summed E-state index contributed by atoms with van der Waals surface area (Å²) in [6.07, 6.45) is 5.89. The molecule has 2 aromatic carbocycles. The summed E-state index contributed by atoms with van der Waals surface area (Å²) in [7, 11) is 0. The van der Waals surface area contributed by atoms with Crippen LogP contribution in [-0.2, 0) is 17.8 Å². The van der Waals surface area contributed by atoms with Gasteiger partial charge in [0.05, 0.1) is 24.6 Å². The highest BCUT2D eigenvalue weighted by Crippen LogP contribution is 2.42. The van der Waals surface area contributed by atoms with Gasteiger partial charge in [-0.15, -0.1) is 10.2 Å². The molecule has 172 valence electrons. The van der Waals surface area contributed by atoms with Gasteiger partial charge in [0, 0.05) is 6.04 Å². The number of aryl methyl sites for hydroxylation is 1. The zero-order chi connectivity index (χ0) is 22.9. The van der Waals surface area contributed by atoms with Crippen molar-refractivity contribution in [3.8, 4) is 11.6 Å². The first-order valence-electron chi connectivity index (χ1n) is 11.8. The molecule has 1 unspecified atom stereocenters. The molecular formula is C27H26N4O2S. The minimum absolute atomic E-state index is 0.183. The summed E-state index contributed by atoms with van der Waals surface area (Å²) >= 11 is 1.46. The molecule has 1 amide bonds. The largest absolute Gasteiger partial charge is 0.461 e. The second kappa shape index (κ2) is 9.14. The topological polar surface area (TPSA) is 64.2 Å². The van der Waals surface area contributed by atoms with E-state index < -0.39 is 0 Å². The molecule has 0 saturated heterocycles. The van der Waals surface area contributed by atoms with Crippen LogP contribution in [0, 0.1) is 0 Å². The maximum atomic E-state index is 13.5. The van der Waals surface area contributed by atoms with Crippen molar-refractivity contribution in [2.75, 3.05) is 5.75 Å². The van der Waals surface area contributed by atoms with Crippen LogP contribution in [0.5, 0.6) is 0 Å². The van der Waals surface area contributed by atoms with E-state index in [9.17, 15) is 4.79 Å². The molecule has 2 aliphatic carbocycles. The highest BCUT2D eigenvalue weighted by Gasteiger charge is 2.40. The first-order valence-corrected chi connectivity index (χ1v) is 12.8. The average molecular weight is 471 g/mol.